The van der Waals surface area contributed by atoms with Crippen molar-refractivity contribution in [1.29, 1.82) is 0 Å². The molecule has 2 rings (SSSR count). The predicted molar refractivity (Wildman–Crippen MR) is 73.8 cm³/mol. The Bertz CT molecular complexity index is 295. The highest BCUT2D eigenvalue weighted by Crippen LogP contribution is 2.24. The minimum atomic E-state index is 0. The first kappa shape index (κ1) is 15.0. The molecule has 1 aliphatic heterocycles. The van der Waals surface area contributed by atoms with E-state index < -0.39 is 0 Å². The van der Waals surface area contributed by atoms with Crippen LogP contribution in [0.25, 0.3) is 0 Å². The number of nitrogens with zero attached hydrogens (tertiary/aromatic N) is 1. The average molecular weight is 222 g/mol. The van der Waals surface area contributed by atoms with E-state index in [9.17, 15) is 0 Å². The molecule has 0 radical (unpaired) electrons. The van der Waals surface area contributed by atoms with E-state index in [1.807, 2.05) is 13.8 Å². The summed E-state index contributed by atoms with van der Waals surface area (Å²) in [5.41, 5.74) is 2.79. The molecule has 0 bridgehead atoms. The van der Waals surface area contributed by atoms with Crippen molar-refractivity contribution in [2.75, 3.05) is 11.6 Å². The zero-order valence-corrected chi connectivity index (χ0v) is 10.2. The van der Waals surface area contributed by atoms with Gasteiger partial charge in [0.25, 0.3) is 0 Å². The number of nitrogens with one attached hydrogen (secondary N) is 1. The van der Waals surface area contributed by atoms with Crippen LogP contribution in [-0.2, 0) is 6.54 Å². The third-order valence-electron chi connectivity index (χ3n) is 2.52. The summed E-state index contributed by atoms with van der Waals surface area (Å²) in [5.74, 6) is 0. The van der Waals surface area contributed by atoms with Crippen LogP contribution in [0.4, 0.5) is 5.69 Å². The summed E-state index contributed by atoms with van der Waals surface area (Å²) in [6, 6.07) is 9.17. The van der Waals surface area contributed by atoms with Crippen LogP contribution in [0.15, 0.2) is 24.3 Å². The summed E-state index contributed by atoms with van der Waals surface area (Å²) in [4.78, 5) is 2.39. The van der Waals surface area contributed by atoms with Crippen molar-refractivity contribution < 1.29 is 0 Å². The molecular formula is C14H26N2. The minimum Gasteiger partial charge on any atom is -0.356 e. The molecule has 92 valence electrons. The largest absolute Gasteiger partial charge is 0.356 e. The second kappa shape index (κ2) is 7.29. The molecule has 0 unspecified atom stereocenters. The molecule has 2 heteroatoms. The van der Waals surface area contributed by atoms with E-state index in [1.165, 1.54) is 11.3 Å². The first-order chi connectivity index (χ1) is 7.29. The lowest BCUT2D eigenvalue weighted by Gasteiger charge is -2.35. The first-order valence-electron chi connectivity index (χ1n) is 5.84. The molecule has 0 saturated heterocycles. The standard InChI is InChI=1S/C11H16N2.C2H6.CH4/c1-9(2)13-8-12-7-10-5-3-4-6-11(10)13;1-2;/h3-6,9,12H,7-8H2,1-2H3;1-2H3;1H4. The molecular weight excluding hydrogens is 196 g/mol. The van der Waals surface area contributed by atoms with E-state index >= 15 is 0 Å². The molecule has 1 heterocycles. The van der Waals surface area contributed by atoms with E-state index in [1.54, 1.807) is 0 Å². The summed E-state index contributed by atoms with van der Waals surface area (Å²) < 4.78 is 0. The molecule has 0 fully saturated rings. The maximum atomic E-state index is 3.40. The third kappa shape index (κ3) is 3.24. The maximum Gasteiger partial charge on any atom is 0.0687 e. The van der Waals surface area contributed by atoms with Gasteiger partial charge in [0.1, 0.15) is 0 Å². The van der Waals surface area contributed by atoms with Crippen LogP contribution in [-0.4, -0.2) is 12.7 Å². The highest BCUT2D eigenvalue weighted by Gasteiger charge is 2.17. The number of hydrogen-bond donors (Lipinski definition) is 1. The molecule has 0 saturated carbocycles. The number of benzene rings is 1. The molecule has 2 nitrogen and oxygen atoms in total. The van der Waals surface area contributed by atoms with Crippen LogP contribution in [0.5, 0.6) is 0 Å². The van der Waals surface area contributed by atoms with E-state index in [-0.39, 0.29) is 7.43 Å². The van der Waals surface area contributed by atoms with Crippen LogP contribution < -0.4 is 10.2 Å². The Labute approximate surface area is 101 Å². The van der Waals surface area contributed by atoms with Gasteiger partial charge in [0, 0.05) is 18.3 Å². The number of fused-ring (bicyclic) bond motifs is 1. The van der Waals surface area contributed by atoms with Gasteiger partial charge in [-0.15, -0.1) is 0 Å². The Morgan fingerprint density at radius 1 is 1.19 bits per heavy atom. The Morgan fingerprint density at radius 2 is 1.81 bits per heavy atom. The molecule has 1 aromatic carbocycles. The first-order valence-corrected chi connectivity index (χ1v) is 5.84. The minimum absolute atomic E-state index is 0. The lowest BCUT2D eigenvalue weighted by Crippen LogP contribution is -2.43. The lowest BCUT2D eigenvalue weighted by molar-refractivity contribution is 0.569. The van der Waals surface area contributed by atoms with Gasteiger partial charge >= 0.3 is 0 Å². The van der Waals surface area contributed by atoms with Crippen molar-refractivity contribution in [1.82, 2.24) is 5.32 Å². The zero-order valence-electron chi connectivity index (χ0n) is 10.2. The van der Waals surface area contributed by atoms with Crippen molar-refractivity contribution in [2.45, 2.75) is 47.7 Å². The van der Waals surface area contributed by atoms with Gasteiger partial charge in [-0.3, -0.25) is 5.32 Å². The number of anilines is 1. The summed E-state index contributed by atoms with van der Waals surface area (Å²) in [6.07, 6.45) is 0. The molecule has 16 heavy (non-hydrogen) atoms. The fourth-order valence-electron chi connectivity index (χ4n) is 1.80. The quantitative estimate of drug-likeness (QED) is 0.780. The van der Waals surface area contributed by atoms with Crippen molar-refractivity contribution in [3.8, 4) is 0 Å². The molecule has 0 aliphatic carbocycles. The van der Waals surface area contributed by atoms with Crippen LogP contribution in [0.2, 0.25) is 0 Å². The Hall–Kier alpha value is -1.02. The number of rotatable bonds is 1. The maximum absolute atomic E-state index is 3.40. The molecule has 1 aromatic rings. The molecule has 1 N–H and O–H groups in total. The van der Waals surface area contributed by atoms with E-state index in [4.69, 9.17) is 0 Å². The average Bonchev–Trinajstić information content (AvgIpc) is 2.31. The van der Waals surface area contributed by atoms with Gasteiger partial charge in [0.15, 0.2) is 0 Å². The van der Waals surface area contributed by atoms with Crippen LogP contribution >= 0.6 is 0 Å². The van der Waals surface area contributed by atoms with E-state index in [2.05, 4.69) is 48.3 Å². The molecule has 0 spiro atoms. The topological polar surface area (TPSA) is 15.3 Å². The van der Waals surface area contributed by atoms with Crippen molar-refractivity contribution in [3.63, 3.8) is 0 Å². The van der Waals surface area contributed by atoms with Gasteiger partial charge in [0.2, 0.25) is 0 Å². The lowest BCUT2D eigenvalue weighted by atomic mass is 10.1. The van der Waals surface area contributed by atoms with Gasteiger partial charge in [-0.2, -0.15) is 0 Å². The van der Waals surface area contributed by atoms with Gasteiger partial charge < -0.3 is 4.90 Å². The molecule has 0 amide bonds. The Morgan fingerprint density at radius 3 is 2.44 bits per heavy atom. The summed E-state index contributed by atoms with van der Waals surface area (Å²) in [5, 5.41) is 3.40. The fourth-order valence-corrected chi connectivity index (χ4v) is 1.80. The van der Waals surface area contributed by atoms with Crippen molar-refractivity contribution >= 4 is 5.69 Å². The Balaban J connectivity index is 0.000000711. The fraction of sp³-hybridized carbons (Fsp3) is 0.571. The Kier molecular flexibility index (Phi) is 6.82. The van der Waals surface area contributed by atoms with Crippen molar-refractivity contribution in [2.24, 2.45) is 0 Å². The number of hydrogen-bond acceptors (Lipinski definition) is 2. The SMILES string of the molecule is C.CC.CC(C)N1CNCc2ccccc21. The van der Waals surface area contributed by atoms with Gasteiger partial charge in [-0.05, 0) is 25.5 Å². The molecule has 1 aliphatic rings. The van der Waals surface area contributed by atoms with Crippen LogP contribution in [0, 0.1) is 0 Å². The van der Waals surface area contributed by atoms with Crippen molar-refractivity contribution in [3.05, 3.63) is 29.8 Å². The second-order valence-electron chi connectivity index (χ2n) is 3.78. The van der Waals surface area contributed by atoms with E-state index in [0.717, 1.165) is 13.2 Å². The van der Waals surface area contributed by atoms with Crippen LogP contribution in [0.3, 0.4) is 0 Å². The molecule has 0 atom stereocenters. The summed E-state index contributed by atoms with van der Waals surface area (Å²) in [6.45, 7) is 10.4. The monoisotopic (exact) mass is 222 g/mol. The normalized spacial score (nSPS) is 13.4. The van der Waals surface area contributed by atoms with Crippen LogP contribution in [0.1, 0.15) is 40.7 Å². The zero-order chi connectivity index (χ0) is 11.3. The highest BCUT2D eigenvalue weighted by atomic mass is 15.3. The third-order valence-corrected chi connectivity index (χ3v) is 2.52. The second-order valence-corrected chi connectivity index (χ2v) is 3.78. The highest BCUT2D eigenvalue weighted by molar-refractivity contribution is 5.55. The van der Waals surface area contributed by atoms with Gasteiger partial charge in [-0.1, -0.05) is 39.5 Å². The predicted octanol–water partition coefficient (Wildman–Crippen LogP) is 3.62. The van der Waals surface area contributed by atoms with Gasteiger partial charge in [-0.25, -0.2) is 0 Å². The van der Waals surface area contributed by atoms with E-state index in [0.29, 0.717) is 6.04 Å². The number of para-hydroxylation sites is 1. The van der Waals surface area contributed by atoms with Gasteiger partial charge in [0.05, 0.1) is 6.67 Å². The summed E-state index contributed by atoms with van der Waals surface area (Å²) >= 11 is 0. The smallest absolute Gasteiger partial charge is 0.0687 e. The molecule has 0 aromatic heterocycles. The summed E-state index contributed by atoms with van der Waals surface area (Å²) in [7, 11) is 0.